The van der Waals surface area contributed by atoms with Gasteiger partial charge in [-0.05, 0) is 28.8 Å². The molecule has 0 radical (unpaired) electrons. The average Bonchev–Trinajstić information content (AvgIpc) is 2.47. The molecule has 0 unspecified atom stereocenters. The van der Waals surface area contributed by atoms with Gasteiger partial charge in [-0.2, -0.15) is 0 Å². The van der Waals surface area contributed by atoms with Gasteiger partial charge >= 0.3 is 5.97 Å². The van der Waals surface area contributed by atoms with E-state index in [-0.39, 0.29) is 12.3 Å². The lowest BCUT2D eigenvalue weighted by Crippen LogP contribution is -2.05. The third-order valence-corrected chi connectivity index (χ3v) is 3.03. The van der Waals surface area contributed by atoms with Gasteiger partial charge in [-0.25, -0.2) is 0 Å². The molecule has 0 spiro atoms. The predicted molar refractivity (Wildman–Crippen MR) is 87.5 cm³/mol. The first-order valence-corrected chi connectivity index (χ1v) is 6.89. The zero-order valence-corrected chi connectivity index (χ0v) is 12.2. The second-order valence-electron chi connectivity index (χ2n) is 4.95. The topological polar surface area (TPSA) is 66.4 Å². The van der Waals surface area contributed by atoms with Crippen molar-refractivity contribution in [3.8, 4) is 0 Å². The number of aliphatic carboxylic acids is 1. The first kappa shape index (κ1) is 15.5. The van der Waals surface area contributed by atoms with Gasteiger partial charge in [0.05, 0.1) is 6.42 Å². The lowest BCUT2D eigenvalue weighted by Gasteiger charge is -2.02. The van der Waals surface area contributed by atoms with Crippen LogP contribution >= 0.6 is 0 Å². The standard InChI is InChI=1S/C18H17NO3/c1-13(20)19-17-10-8-15(9-11-17)3-2-14-4-6-16(7-5-14)12-18(21)22/h2-11H,12H2,1H3,(H,19,20)(H,21,22)/b3-2+. The number of benzene rings is 2. The SMILES string of the molecule is CC(=O)Nc1ccc(/C=C/c2ccc(CC(=O)O)cc2)cc1. The van der Waals surface area contributed by atoms with E-state index in [1.807, 2.05) is 60.7 Å². The molecular formula is C18H17NO3. The lowest BCUT2D eigenvalue weighted by atomic mass is 10.1. The molecule has 0 fully saturated rings. The smallest absolute Gasteiger partial charge is 0.307 e. The van der Waals surface area contributed by atoms with Crippen LogP contribution in [0.5, 0.6) is 0 Å². The molecule has 0 atom stereocenters. The molecule has 4 nitrogen and oxygen atoms in total. The van der Waals surface area contributed by atoms with Crippen molar-refractivity contribution in [2.45, 2.75) is 13.3 Å². The number of carboxylic acids is 1. The molecule has 0 aliphatic carbocycles. The Morgan fingerprint density at radius 1 is 0.955 bits per heavy atom. The first-order valence-electron chi connectivity index (χ1n) is 6.89. The molecule has 2 rings (SSSR count). The Balaban J connectivity index is 2.01. The van der Waals surface area contributed by atoms with E-state index in [1.165, 1.54) is 6.92 Å². The Bertz CT molecular complexity index is 624. The van der Waals surface area contributed by atoms with Crippen molar-refractivity contribution in [1.29, 1.82) is 0 Å². The van der Waals surface area contributed by atoms with Gasteiger partial charge in [0.15, 0.2) is 0 Å². The Kier molecular flexibility index (Phi) is 5.09. The average molecular weight is 295 g/mol. The second kappa shape index (κ2) is 7.22. The number of anilines is 1. The maximum Gasteiger partial charge on any atom is 0.307 e. The quantitative estimate of drug-likeness (QED) is 0.830. The zero-order chi connectivity index (χ0) is 15.9. The molecule has 4 heteroatoms. The molecule has 0 saturated heterocycles. The fourth-order valence-corrected chi connectivity index (χ4v) is 1.99. The summed E-state index contributed by atoms with van der Waals surface area (Å²) in [6, 6.07) is 14.9. The first-order chi connectivity index (χ1) is 10.5. The molecule has 2 N–H and O–H groups in total. The van der Waals surface area contributed by atoms with Gasteiger partial charge in [0, 0.05) is 12.6 Å². The summed E-state index contributed by atoms with van der Waals surface area (Å²) in [5, 5.41) is 11.4. The molecule has 0 aromatic heterocycles. The summed E-state index contributed by atoms with van der Waals surface area (Å²) in [5.74, 6) is -0.924. The van der Waals surface area contributed by atoms with Gasteiger partial charge in [0.25, 0.3) is 0 Å². The van der Waals surface area contributed by atoms with E-state index in [0.29, 0.717) is 0 Å². The molecular weight excluding hydrogens is 278 g/mol. The van der Waals surface area contributed by atoms with E-state index in [1.54, 1.807) is 0 Å². The number of amides is 1. The van der Waals surface area contributed by atoms with Crippen LogP contribution in [0.15, 0.2) is 48.5 Å². The van der Waals surface area contributed by atoms with Crippen molar-refractivity contribution >= 4 is 29.7 Å². The van der Waals surface area contributed by atoms with Crippen LogP contribution < -0.4 is 5.32 Å². The monoisotopic (exact) mass is 295 g/mol. The van der Waals surface area contributed by atoms with E-state index < -0.39 is 5.97 Å². The van der Waals surface area contributed by atoms with Gasteiger partial charge in [-0.3, -0.25) is 9.59 Å². The summed E-state index contributed by atoms with van der Waals surface area (Å²) < 4.78 is 0. The normalized spacial score (nSPS) is 10.6. The highest BCUT2D eigenvalue weighted by Crippen LogP contribution is 2.13. The predicted octanol–water partition coefficient (Wildman–Crippen LogP) is 3.44. The Hall–Kier alpha value is -2.88. The van der Waals surface area contributed by atoms with Crippen molar-refractivity contribution in [2.75, 3.05) is 5.32 Å². The molecule has 2 aromatic rings. The minimum absolute atomic E-state index is 0.0363. The summed E-state index contributed by atoms with van der Waals surface area (Å²) in [6.45, 7) is 1.47. The van der Waals surface area contributed by atoms with Gasteiger partial charge in [0.2, 0.25) is 5.91 Å². The van der Waals surface area contributed by atoms with Crippen LogP contribution in [0.2, 0.25) is 0 Å². The highest BCUT2D eigenvalue weighted by molar-refractivity contribution is 5.88. The largest absolute Gasteiger partial charge is 0.481 e. The number of hydrogen-bond acceptors (Lipinski definition) is 2. The van der Waals surface area contributed by atoms with E-state index in [0.717, 1.165) is 22.4 Å². The van der Waals surface area contributed by atoms with E-state index in [9.17, 15) is 9.59 Å². The summed E-state index contributed by atoms with van der Waals surface area (Å²) in [5.41, 5.74) is 3.57. The van der Waals surface area contributed by atoms with E-state index in [2.05, 4.69) is 5.32 Å². The maximum absolute atomic E-state index is 10.9. The minimum Gasteiger partial charge on any atom is -0.481 e. The molecule has 0 saturated carbocycles. The molecule has 0 aliphatic rings. The molecule has 22 heavy (non-hydrogen) atoms. The Labute approximate surface area is 129 Å². The van der Waals surface area contributed by atoms with Gasteiger partial charge in [-0.15, -0.1) is 0 Å². The van der Waals surface area contributed by atoms with Crippen LogP contribution in [0.25, 0.3) is 12.2 Å². The second-order valence-corrected chi connectivity index (χ2v) is 4.95. The third kappa shape index (κ3) is 4.90. The summed E-state index contributed by atoms with van der Waals surface area (Å²) in [4.78, 5) is 21.6. The maximum atomic E-state index is 10.9. The molecule has 0 aliphatic heterocycles. The molecule has 0 bridgehead atoms. The highest BCUT2D eigenvalue weighted by atomic mass is 16.4. The molecule has 112 valence electrons. The number of carboxylic acid groups (broad SMARTS) is 1. The van der Waals surface area contributed by atoms with Gasteiger partial charge < -0.3 is 10.4 Å². The fraction of sp³-hybridized carbons (Fsp3) is 0.111. The van der Waals surface area contributed by atoms with Crippen LogP contribution in [0.3, 0.4) is 0 Å². The summed E-state index contributed by atoms with van der Waals surface area (Å²) in [7, 11) is 0. The number of nitrogens with one attached hydrogen (secondary N) is 1. The van der Waals surface area contributed by atoms with Crippen molar-refractivity contribution in [3.63, 3.8) is 0 Å². The summed E-state index contributed by atoms with van der Waals surface area (Å²) >= 11 is 0. The molecule has 0 heterocycles. The van der Waals surface area contributed by atoms with Crippen LogP contribution in [0.1, 0.15) is 23.6 Å². The molecule has 1 amide bonds. The number of hydrogen-bond donors (Lipinski definition) is 2. The summed E-state index contributed by atoms with van der Waals surface area (Å²) in [6.07, 6.45) is 3.95. The van der Waals surface area contributed by atoms with Crippen molar-refractivity contribution in [2.24, 2.45) is 0 Å². The van der Waals surface area contributed by atoms with Crippen molar-refractivity contribution < 1.29 is 14.7 Å². The fourth-order valence-electron chi connectivity index (χ4n) is 1.99. The lowest BCUT2D eigenvalue weighted by molar-refractivity contribution is -0.136. The van der Waals surface area contributed by atoms with Crippen LogP contribution in [-0.2, 0) is 16.0 Å². The van der Waals surface area contributed by atoms with Gasteiger partial charge in [-0.1, -0.05) is 48.6 Å². The number of carbonyl (C=O) groups is 2. The highest BCUT2D eigenvalue weighted by Gasteiger charge is 1.99. The third-order valence-electron chi connectivity index (χ3n) is 3.03. The number of carbonyl (C=O) groups excluding carboxylic acids is 1. The molecule has 2 aromatic carbocycles. The zero-order valence-electron chi connectivity index (χ0n) is 12.2. The van der Waals surface area contributed by atoms with Gasteiger partial charge in [0.1, 0.15) is 0 Å². The van der Waals surface area contributed by atoms with Crippen molar-refractivity contribution in [3.05, 3.63) is 65.2 Å². The van der Waals surface area contributed by atoms with Crippen LogP contribution in [0, 0.1) is 0 Å². The Morgan fingerprint density at radius 3 is 1.91 bits per heavy atom. The Morgan fingerprint density at radius 2 is 1.45 bits per heavy atom. The van der Waals surface area contributed by atoms with Crippen molar-refractivity contribution in [1.82, 2.24) is 0 Å². The van der Waals surface area contributed by atoms with Crippen LogP contribution in [0.4, 0.5) is 5.69 Å². The number of rotatable bonds is 5. The minimum atomic E-state index is -0.831. The van der Waals surface area contributed by atoms with Crippen LogP contribution in [-0.4, -0.2) is 17.0 Å². The van der Waals surface area contributed by atoms with E-state index in [4.69, 9.17) is 5.11 Å². The van der Waals surface area contributed by atoms with E-state index >= 15 is 0 Å².